The van der Waals surface area contributed by atoms with E-state index in [9.17, 15) is 10.1 Å². The second-order valence-corrected chi connectivity index (χ2v) is 8.67. The fourth-order valence-corrected chi connectivity index (χ4v) is 4.83. The van der Waals surface area contributed by atoms with E-state index in [1.165, 1.54) is 6.33 Å². The van der Waals surface area contributed by atoms with Gasteiger partial charge in [-0.05, 0) is 37.7 Å². The highest BCUT2D eigenvalue weighted by molar-refractivity contribution is 6.33. The van der Waals surface area contributed by atoms with Crippen LogP contribution in [0.4, 0.5) is 5.82 Å². The van der Waals surface area contributed by atoms with Crippen molar-refractivity contribution in [3.05, 3.63) is 51.6 Å². The maximum Gasteiger partial charge on any atom is 0.279 e. The van der Waals surface area contributed by atoms with Crippen LogP contribution in [0.15, 0.2) is 29.6 Å². The first-order chi connectivity index (χ1) is 15.2. The molecule has 9 nitrogen and oxygen atoms in total. The molecule has 4 aromatic heterocycles. The molecule has 0 radical (unpaired) electrons. The molecule has 5 heterocycles. The Morgan fingerprint density at radius 1 is 1.29 bits per heavy atom. The van der Waals surface area contributed by atoms with Crippen molar-refractivity contribution in [3.63, 3.8) is 0 Å². The largest absolute Gasteiger partial charge is 0.346 e. The third kappa shape index (κ3) is 2.82. The molecular weight excluding hydrogens is 416 g/mol. The van der Waals surface area contributed by atoms with Crippen LogP contribution in [-0.4, -0.2) is 35.7 Å². The summed E-state index contributed by atoms with van der Waals surface area (Å²) >= 11 is 6.29. The van der Waals surface area contributed by atoms with Crippen LogP contribution in [0.1, 0.15) is 43.1 Å². The van der Waals surface area contributed by atoms with Crippen LogP contribution >= 0.6 is 11.6 Å². The molecule has 10 heteroatoms. The van der Waals surface area contributed by atoms with Crippen LogP contribution in [0.2, 0.25) is 5.02 Å². The van der Waals surface area contributed by atoms with Gasteiger partial charge < -0.3 is 9.88 Å². The number of H-pyrrole nitrogens is 1. The van der Waals surface area contributed by atoms with Crippen LogP contribution in [0, 0.1) is 17.2 Å². The molecule has 0 bridgehead atoms. The Morgan fingerprint density at radius 3 is 2.97 bits per heavy atom. The Morgan fingerprint density at radius 2 is 2.16 bits per heavy atom. The molecule has 2 fully saturated rings. The van der Waals surface area contributed by atoms with Crippen molar-refractivity contribution < 1.29 is 0 Å². The smallest absolute Gasteiger partial charge is 0.279 e. The molecule has 156 valence electrons. The van der Waals surface area contributed by atoms with E-state index >= 15 is 0 Å². The van der Waals surface area contributed by atoms with Crippen molar-refractivity contribution >= 4 is 34.0 Å². The van der Waals surface area contributed by atoms with Crippen molar-refractivity contribution in [2.24, 2.45) is 5.92 Å². The van der Waals surface area contributed by atoms with Gasteiger partial charge in [-0.3, -0.25) is 9.36 Å². The van der Waals surface area contributed by atoms with Crippen molar-refractivity contribution in [2.75, 3.05) is 11.4 Å². The lowest BCUT2D eigenvalue weighted by atomic mass is 10.1. The molecule has 4 aromatic rings. The molecule has 6 rings (SSSR count). The van der Waals surface area contributed by atoms with Crippen LogP contribution < -0.4 is 10.5 Å². The molecule has 0 unspecified atom stereocenters. The Bertz CT molecular complexity index is 1420. The first kappa shape index (κ1) is 18.4. The predicted molar refractivity (Wildman–Crippen MR) is 115 cm³/mol. The fourth-order valence-electron chi connectivity index (χ4n) is 4.60. The summed E-state index contributed by atoms with van der Waals surface area (Å²) in [4.78, 5) is 27.4. The standard InChI is InChI=1S/C21H19ClN8O/c22-14-5-7-30-17(14)21(31)29(10-12-3-4-12)19(27-30)15-2-1-6-28(15)20-16-13(8-23)9-24-18(16)25-11-26-20/h5,7,9,11-12,15H,1-4,6,10H2,(H,24,25,26)/t15-/m0/s1. The maximum absolute atomic E-state index is 13.4. The maximum atomic E-state index is 13.4. The van der Waals surface area contributed by atoms with Crippen LogP contribution in [0.25, 0.3) is 16.6 Å². The van der Waals surface area contributed by atoms with Crippen molar-refractivity contribution in [2.45, 2.75) is 38.3 Å². The van der Waals surface area contributed by atoms with Crippen molar-refractivity contribution in [1.29, 1.82) is 5.26 Å². The zero-order valence-electron chi connectivity index (χ0n) is 16.6. The van der Waals surface area contributed by atoms with Gasteiger partial charge in [0.05, 0.1) is 22.0 Å². The number of halogens is 1. The average Bonchev–Trinajstić information content (AvgIpc) is 3.15. The summed E-state index contributed by atoms with van der Waals surface area (Å²) in [5.41, 5.74) is 1.44. The van der Waals surface area contributed by atoms with Gasteiger partial charge in [-0.1, -0.05) is 11.6 Å². The van der Waals surface area contributed by atoms with Gasteiger partial charge in [0, 0.05) is 25.5 Å². The zero-order chi connectivity index (χ0) is 21.1. The van der Waals surface area contributed by atoms with Gasteiger partial charge in [0.15, 0.2) is 5.82 Å². The number of anilines is 1. The molecule has 1 aliphatic heterocycles. The molecule has 31 heavy (non-hydrogen) atoms. The summed E-state index contributed by atoms with van der Waals surface area (Å²) in [6, 6.07) is 3.80. The summed E-state index contributed by atoms with van der Waals surface area (Å²) in [7, 11) is 0. The SMILES string of the molecule is N#Cc1c[nH]c2ncnc(N3CCC[C@H]3c3nn4ccc(Cl)c4c(=O)n3CC3CC3)c12. The number of nitrogens with zero attached hydrogens (tertiary/aromatic N) is 7. The van der Waals surface area contributed by atoms with Gasteiger partial charge >= 0.3 is 0 Å². The number of aromatic amines is 1. The lowest BCUT2D eigenvalue weighted by Gasteiger charge is -2.27. The number of hydrogen-bond donors (Lipinski definition) is 1. The first-order valence-corrected chi connectivity index (χ1v) is 10.8. The molecular formula is C21H19ClN8O. The summed E-state index contributed by atoms with van der Waals surface area (Å²) in [6.45, 7) is 1.41. The minimum Gasteiger partial charge on any atom is -0.346 e. The lowest BCUT2D eigenvalue weighted by molar-refractivity contribution is 0.506. The highest BCUT2D eigenvalue weighted by Crippen LogP contribution is 2.39. The average molecular weight is 435 g/mol. The van der Waals surface area contributed by atoms with Crippen molar-refractivity contribution in [3.8, 4) is 6.07 Å². The zero-order valence-corrected chi connectivity index (χ0v) is 17.4. The quantitative estimate of drug-likeness (QED) is 0.529. The highest BCUT2D eigenvalue weighted by atomic mass is 35.5. The van der Waals surface area contributed by atoms with Gasteiger partial charge in [0.1, 0.15) is 29.4 Å². The molecule has 1 saturated heterocycles. The Kier molecular flexibility index (Phi) is 4.05. The van der Waals surface area contributed by atoms with E-state index in [1.807, 2.05) is 4.57 Å². The number of hydrogen-bond acceptors (Lipinski definition) is 6. The fraction of sp³-hybridized carbons (Fsp3) is 0.381. The normalized spacial score (nSPS) is 18.8. The van der Waals surface area contributed by atoms with Crippen LogP contribution in [-0.2, 0) is 6.54 Å². The molecule has 0 spiro atoms. The number of aromatic nitrogens is 6. The molecule has 1 saturated carbocycles. The first-order valence-electron chi connectivity index (χ1n) is 10.4. The van der Waals surface area contributed by atoms with E-state index in [1.54, 1.807) is 23.0 Å². The van der Waals surface area contributed by atoms with Gasteiger partial charge in [-0.25, -0.2) is 14.5 Å². The van der Waals surface area contributed by atoms with E-state index < -0.39 is 0 Å². The molecule has 2 aliphatic rings. The van der Waals surface area contributed by atoms with Crippen LogP contribution in [0.3, 0.4) is 0 Å². The number of fused-ring (bicyclic) bond motifs is 2. The number of nitrogens with one attached hydrogen (secondary N) is 1. The third-order valence-electron chi connectivity index (χ3n) is 6.28. The van der Waals surface area contributed by atoms with Crippen molar-refractivity contribution in [1.82, 2.24) is 29.1 Å². The molecule has 1 N–H and O–H groups in total. The van der Waals surface area contributed by atoms with E-state index in [2.05, 4.69) is 25.9 Å². The van der Waals surface area contributed by atoms with Crippen LogP contribution in [0.5, 0.6) is 0 Å². The highest BCUT2D eigenvalue weighted by Gasteiger charge is 2.35. The number of rotatable bonds is 4. The van der Waals surface area contributed by atoms with Gasteiger partial charge in [0.2, 0.25) is 0 Å². The second-order valence-electron chi connectivity index (χ2n) is 8.26. The van der Waals surface area contributed by atoms with Gasteiger partial charge in [0.25, 0.3) is 5.56 Å². The van der Waals surface area contributed by atoms with E-state index in [-0.39, 0.29) is 11.6 Å². The summed E-state index contributed by atoms with van der Waals surface area (Å²) in [5, 5.41) is 15.5. The van der Waals surface area contributed by atoms with E-state index in [0.717, 1.165) is 38.1 Å². The lowest BCUT2D eigenvalue weighted by Crippen LogP contribution is -2.34. The Labute approximate surface area is 181 Å². The molecule has 1 atom stereocenters. The second kappa shape index (κ2) is 6.82. The Hall–Kier alpha value is -3.38. The molecule has 0 amide bonds. The molecule has 1 aliphatic carbocycles. The minimum atomic E-state index is -0.128. The monoisotopic (exact) mass is 434 g/mol. The van der Waals surface area contributed by atoms with E-state index in [4.69, 9.17) is 16.7 Å². The minimum absolute atomic E-state index is 0.106. The molecule has 0 aromatic carbocycles. The topological polar surface area (TPSA) is 108 Å². The summed E-state index contributed by atoms with van der Waals surface area (Å²) in [6.07, 6.45) is 8.92. The predicted octanol–water partition coefficient (Wildman–Crippen LogP) is 3.04. The van der Waals surface area contributed by atoms with Gasteiger partial charge in [-0.15, -0.1) is 0 Å². The Balaban J connectivity index is 1.54. The van der Waals surface area contributed by atoms with E-state index in [0.29, 0.717) is 45.4 Å². The summed E-state index contributed by atoms with van der Waals surface area (Å²) in [5.74, 6) is 1.92. The summed E-state index contributed by atoms with van der Waals surface area (Å²) < 4.78 is 3.40. The number of nitriles is 1. The third-order valence-corrected chi connectivity index (χ3v) is 6.59. The van der Waals surface area contributed by atoms with Gasteiger partial charge in [-0.2, -0.15) is 10.4 Å².